The van der Waals surface area contributed by atoms with Crippen LogP contribution in [0.4, 0.5) is 10.1 Å². The van der Waals surface area contributed by atoms with Gasteiger partial charge < -0.3 is 14.8 Å². The topological polar surface area (TPSA) is 145 Å². The second-order valence-electron chi connectivity index (χ2n) is 8.27. The molecule has 1 aliphatic carbocycles. The van der Waals surface area contributed by atoms with Crippen LogP contribution in [-0.2, 0) is 14.8 Å². The highest BCUT2D eigenvalue weighted by atomic mass is 32.2. The Kier molecular flexibility index (Phi) is 8.61. The predicted octanol–water partition coefficient (Wildman–Crippen LogP) is 3.33. The molecule has 3 aromatic rings. The first-order valence-electron chi connectivity index (χ1n) is 11.7. The van der Waals surface area contributed by atoms with Crippen molar-refractivity contribution in [3.63, 3.8) is 0 Å². The number of carbonyl (C=O) groups is 1. The number of thiazole rings is 1. The number of methoxy groups -OCH3 is 1. The smallest absolute Gasteiger partial charge is 0.280 e. The molecule has 37 heavy (non-hydrogen) atoms. The Labute approximate surface area is 217 Å². The average molecular weight is 551 g/mol. The third-order valence-electron chi connectivity index (χ3n) is 5.47. The van der Waals surface area contributed by atoms with Gasteiger partial charge in [0, 0.05) is 26.1 Å². The zero-order valence-corrected chi connectivity index (χ0v) is 21.9. The molecule has 0 aliphatic heterocycles. The predicted molar refractivity (Wildman–Crippen MR) is 135 cm³/mol. The third-order valence-corrected chi connectivity index (χ3v) is 8.34. The Morgan fingerprint density at radius 1 is 1.27 bits per heavy atom. The standard InChI is InChI=1S/C23H27FN6O5S2/c1-3-35-19-13-25-11-17(28-19)18-12-27-23(36-18)22(31)29-16(5-4-10-34-2)21-20(24)15(8-9-26-21)30-37(32,33)14-6-7-14/h8-9,11-14,16H,3-7,10H2,1-2H3,(H,26,30)(H,29,31). The van der Waals surface area contributed by atoms with Crippen LogP contribution in [-0.4, -0.2) is 59.8 Å². The monoisotopic (exact) mass is 550 g/mol. The Morgan fingerprint density at radius 3 is 2.81 bits per heavy atom. The number of pyridine rings is 1. The van der Waals surface area contributed by atoms with Crippen LogP contribution in [0, 0.1) is 5.82 Å². The average Bonchev–Trinajstić information content (AvgIpc) is 3.63. The number of amides is 1. The van der Waals surface area contributed by atoms with Crippen LogP contribution in [0.5, 0.6) is 5.88 Å². The lowest BCUT2D eigenvalue weighted by Crippen LogP contribution is -2.30. The largest absolute Gasteiger partial charge is 0.477 e. The summed E-state index contributed by atoms with van der Waals surface area (Å²) in [6.45, 7) is 2.66. The fourth-order valence-electron chi connectivity index (χ4n) is 3.51. The number of sulfonamides is 1. The van der Waals surface area contributed by atoms with Crippen molar-refractivity contribution in [3.8, 4) is 16.5 Å². The van der Waals surface area contributed by atoms with Crippen LogP contribution in [0.2, 0.25) is 0 Å². The van der Waals surface area contributed by atoms with E-state index in [1.165, 1.54) is 24.7 Å². The molecular formula is C23H27FN6O5S2. The van der Waals surface area contributed by atoms with Crippen molar-refractivity contribution in [1.29, 1.82) is 0 Å². The van der Waals surface area contributed by atoms with Crippen molar-refractivity contribution in [1.82, 2.24) is 25.3 Å². The third kappa shape index (κ3) is 6.76. The first-order chi connectivity index (χ1) is 17.8. The maximum atomic E-state index is 15.4. The van der Waals surface area contributed by atoms with Gasteiger partial charge in [-0.3, -0.25) is 19.5 Å². The number of hydrogen-bond acceptors (Lipinski definition) is 10. The van der Waals surface area contributed by atoms with E-state index in [4.69, 9.17) is 9.47 Å². The van der Waals surface area contributed by atoms with Gasteiger partial charge in [-0.15, -0.1) is 11.3 Å². The number of halogens is 1. The molecule has 3 heterocycles. The molecule has 0 saturated heterocycles. The highest BCUT2D eigenvalue weighted by Crippen LogP contribution is 2.32. The normalized spacial score (nSPS) is 14.2. The zero-order valence-electron chi connectivity index (χ0n) is 20.3. The van der Waals surface area contributed by atoms with Crippen LogP contribution < -0.4 is 14.8 Å². The summed E-state index contributed by atoms with van der Waals surface area (Å²) < 4.78 is 52.9. The van der Waals surface area contributed by atoms with Gasteiger partial charge in [0.25, 0.3) is 5.91 Å². The van der Waals surface area contributed by atoms with Gasteiger partial charge in [0.05, 0.1) is 40.9 Å². The van der Waals surface area contributed by atoms with Gasteiger partial charge in [0.15, 0.2) is 10.8 Å². The second-order valence-corrected chi connectivity index (χ2v) is 11.3. The van der Waals surface area contributed by atoms with E-state index >= 15 is 4.39 Å². The van der Waals surface area contributed by atoms with E-state index in [2.05, 4.69) is 30.0 Å². The second kappa shape index (κ2) is 11.9. The summed E-state index contributed by atoms with van der Waals surface area (Å²) in [6, 6.07) is 0.415. The van der Waals surface area contributed by atoms with E-state index in [1.807, 2.05) is 6.92 Å². The molecule has 14 heteroatoms. The maximum absolute atomic E-state index is 15.4. The van der Waals surface area contributed by atoms with Gasteiger partial charge in [-0.05, 0) is 38.7 Å². The van der Waals surface area contributed by atoms with E-state index in [1.54, 1.807) is 13.3 Å². The summed E-state index contributed by atoms with van der Waals surface area (Å²) in [7, 11) is -2.13. The number of rotatable bonds is 13. The molecule has 0 spiro atoms. The SMILES string of the molecule is CCOc1cncc(-c2cnc(C(=O)NC(CCCOC)c3nccc(NS(=O)(=O)C4CC4)c3F)s2)n1. The van der Waals surface area contributed by atoms with Gasteiger partial charge in [0.2, 0.25) is 15.9 Å². The molecule has 1 aliphatic rings. The Bertz CT molecular complexity index is 1350. The first kappa shape index (κ1) is 26.8. The number of nitrogens with one attached hydrogen (secondary N) is 2. The fourth-order valence-corrected chi connectivity index (χ4v) is 5.67. The van der Waals surface area contributed by atoms with E-state index < -0.39 is 33.0 Å². The lowest BCUT2D eigenvalue weighted by Gasteiger charge is -2.19. The molecule has 0 aromatic carbocycles. The molecule has 2 N–H and O–H groups in total. The van der Waals surface area contributed by atoms with Gasteiger partial charge in [-0.25, -0.2) is 22.8 Å². The summed E-state index contributed by atoms with van der Waals surface area (Å²) in [6.07, 6.45) is 7.75. The lowest BCUT2D eigenvalue weighted by atomic mass is 10.1. The van der Waals surface area contributed by atoms with E-state index in [0.717, 1.165) is 11.3 Å². The van der Waals surface area contributed by atoms with Crippen LogP contribution >= 0.6 is 11.3 Å². The van der Waals surface area contributed by atoms with Gasteiger partial charge in [-0.2, -0.15) is 0 Å². The number of hydrogen-bond donors (Lipinski definition) is 2. The minimum atomic E-state index is -3.68. The molecule has 1 atom stereocenters. The molecule has 4 rings (SSSR count). The Morgan fingerprint density at radius 2 is 2.08 bits per heavy atom. The molecule has 1 unspecified atom stereocenters. The number of carbonyl (C=O) groups excluding carboxylic acids is 1. The minimum absolute atomic E-state index is 0.0764. The molecule has 1 amide bonds. The Hall–Kier alpha value is -3.23. The van der Waals surface area contributed by atoms with Crippen molar-refractivity contribution in [2.24, 2.45) is 0 Å². The van der Waals surface area contributed by atoms with Crippen LogP contribution in [0.1, 0.15) is 54.1 Å². The van der Waals surface area contributed by atoms with Gasteiger partial charge in [-0.1, -0.05) is 0 Å². The van der Waals surface area contributed by atoms with Crippen molar-refractivity contribution in [2.75, 3.05) is 25.0 Å². The van der Waals surface area contributed by atoms with Gasteiger partial charge in [0.1, 0.15) is 11.4 Å². The van der Waals surface area contributed by atoms with Crippen molar-refractivity contribution in [2.45, 2.75) is 43.9 Å². The molecule has 11 nitrogen and oxygen atoms in total. The van der Waals surface area contributed by atoms with Crippen LogP contribution in [0.15, 0.2) is 30.9 Å². The molecule has 3 aromatic heterocycles. The Balaban J connectivity index is 1.54. The maximum Gasteiger partial charge on any atom is 0.280 e. The van der Waals surface area contributed by atoms with Crippen molar-refractivity contribution >= 4 is 33.0 Å². The summed E-state index contributed by atoms with van der Waals surface area (Å²) >= 11 is 1.10. The van der Waals surface area contributed by atoms with Crippen LogP contribution in [0.25, 0.3) is 10.6 Å². The van der Waals surface area contributed by atoms with E-state index in [0.29, 0.717) is 55.3 Å². The first-order valence-corrected chi connectivity index (χ1v) is 14.1. The molecule has 198 valence electrons. The number of anilines is 1. The fraction of sp³-hybridized carbons (Fsp3) is 0.435. The number of aromatic nitrogens is 4. The summed E-state index contributed by atoms with van der Waals surface area (Å²) in [5.41, 5.74) is 0.224. The molecular weight excluding hydrogens is 523 g/mol. The highest BCUT2D eigenvalue weighted by molar-refractivity contribution is 7.93. The minimum Gasteiger partial charge on any atom is -0.477 e. The molecule has 0 radical (unpaired) electrons. The quantitative estimate of drug-likeness (QED) is 0.306. The molecule has 0 bridgehead atoms. The van der Waals surface area contributed by atoms with Crippen molar-refractivity contribution < 1.29 is 27.1 Å². The summed E-state index contributed by atoms with van der Waals surface area (Å²) in [5, 5.41) is 2.41. The van der Waals surface area contributed by atoms with Crippen LogP contribution in [0.3, 0.4) is 0 Å². The summed E-state index contributed by atoms with van der Waals surface area (Å²) in [5.74, 6) is -1.01. The summed E-state index contributed by atoms with van der Waals surface area (Å²) in [4.78, 5) is 30.5. The molecule has 1 fully saturated rings. The van der Waals surface area contributed by atoms with Gasteiger partial charge >= 0.3 is 0 Å². The zero-order chi connectivity index (χ0) is 26.4. The number of nitrogens with zero attached hydrogens (tertiary/aromatic N) is 4. The molecule has 1 saturated carbocycles. The van der Waals surface area contributed by atoms with E-state index in [9.17, 15) is 13.2 Å². The van der Waals surface area contributed by atoms with Crippen molar-refractivity contribution in [3.05, 3.63) is 47.4 Å². The lowest BCUT2D eigenvalue weighted by molar-refractivity contribution is 0.0928. The van der Waals surface area contributed by atoms with E-state index in [-0.39, 0.29) is 16.4 Å². The number of ether oxygens (including phenoxy) is 2. The highest BCUT2D eigenvalue weighted by Gasteiger charge is 2.36.